The number of β-amino-alcohol motifs (C(OH)–C–C–N with tert-alkyl or cyclic N) is 1. The molecular weight excluding hydrogens is 447 g/mol. The Morgan fingerprint density at radius 1 is 1.09 bits per heavy atom. The van der Waals surface area contributed by atoms with Crippen LogP contribution in [0.15, 0.2) is 30.3 Å². The molecule has 0 radical (unpaired) electrons. The van der Waals surface area contributed by atoms with Crippen LogP contribution in [-0.4, -0.2) is 53.4 Å². The Morgan fingerprint density at radius 2 is 1.59 bits per heavy atom. The van der Waals surface area contributed by atoms with Crippen molar-refractivity contribution in [1.29, 1.82) is 0 Å². The van der Waals surface area contributed by atoms with E-state index in [1.165, 1.54) is 22.3 Å². The summed E-state index contributed by atoms with van der Waals surface area (Å²) >= 11 is 12.8. The molecule has 7 heteroatoms. The van der Waals surface area contributed by atoms with E-state index in [0.29, 0.717) is 5.92 Å². The molecule has 0 atom stereocenters. The van der Waals surface area contributed by atoms with Gasteiger partial charge in [0.2, 0.25) is 0 Å². The van der Waals surface area contributed by atoms with E-state index >= 15 is 0 Å². The molecule has 5 nitrogen and oxygen atoms in total. The van der Waals surface area contributed by atoms with Crippen molar-refractivity contribution in [3.05, 3.63) is 62.6 Å². The van der Waals surface area contributed by atoms with Crippen LogP contribution in [0.3, 0.4) is 0 Å². The first-order valence-corrected chi connectivity index (χ1v) is 11.8. The number of likely N-dealkylation sites (tertiary alicyclic amines) is 1. The Morgan fingerprint density at radius 3 is 2.03 bits per heavy atom. The van der Waals surface area contributed by atoms with Crippen molar-refractivity contribution in [1.82, 2.24) is 4.90 Å². The number of hydrogen-bond donors (Lipinski definition) is 2. The first kappa shape index (κ1) is 24.8. The minimum absolute atomic E-state index is 0.250. The molecule has 2 aromatic carbocycles. The smallest absolute Gasteiger partial charge is 0.290 e. The highest BCUT2D eigenvalue weighted by molar-refractivity contribution is 6.39. The van der Waals surface area contributed by atoms with Crippen LogP contribution in [-0.2, 0) is 24.2 Å². The average molecular weight is 479 g/mol. The van der Waals surface area contributed by atoms with Crippen LogP contribution in [0.5, 0.6) is 0 Å². The molecule has 0 unspecified atom stereocenters. The lowest BCUT2D eigenvalue weighted by molar-refractivity contribution is -0.122. The predicted molar refractivity (Wildman–Crippen MR) is 131 cm³/mol. The summed E-state index contributed by atoms with van der Waals surface area (Å²) < 4.78 is 0. The van der Waals surface area contributed by atoms with Crippen LogP contribution in [0.25, 0.3) is 0 Å². The fourth-order valence-corrected chi connectivity index (χ4v) is 5.45. The van der Waals surface area contributed by atoms with Gasteiger partial charge in [-0.25, -0.2) is 0 Å². The van der Waals surface area contributed by atoms with Crippen molar-refractivity contribution < 1.29 is 15.0 Å². The van der Waals surface area contributed by atoms with E-state index in [1.54, 1.807) is 0 Å². The Bertz CT molecular complexity index is 905. The average Bonchev–Trinajstić information content (AvgIpc) is 2.68. The second-order valence-electron chi connectivity index (χ2n) is 8.94. The molecule has 0 spiro atoms. The van der Waals surface area contributed by atoms with E-state index in [2.05, 4.69) is 35.8 Å². The number of anilines is 1. The van der Waals surface area contributed by atoms with Gasteiger partial charge in [0.25, 0.3) is 6.47 Å². The van der Waals surface area contributed by atoms with Crippen molar-refractivity contribution in [2.24, 2.45) is 0 Å². The lowest BCUT2D eigenvalue weighted by Crippen LogP contribution is -2.59. The minimum atomic E-state index is -0.520. The fourth-order valence-electron chi connectivity index (χ4n) is 4.81. The number of para-hydroxylation sites is 1. The van der Waals surface area contributed by atoms with Gasteiger partial charge in [0, 0.05) is 38.6 Å². The van der Waals surface area contributed by atoms with Crippen molar-refractivity contribution in [3.63, 3.8) is 0 Å². The highest BCUT2D eigenvalue weighted by Gasteiger charge is 2.37. The molecule has 2 aliphatic rings. The third kappa shape index (κ3) is 5.40. The highest BCUT2D eigenvalue weighted by Crippen LogP contribution is 2.41. The molecule has 0 amide bonds. The molecule has 2 aliphatic heterocycles. The van der Waals surface area contributed by atoms with Crippen molar-refractivity contribution in [3.8, 4) is 0 Å². The van der Waals surface area contributed by atoms with E-state index in [4.69, 9.17) is 33.1 Å². The number of hydrogen-bond acceptors (Lipinski definition) is 4. The van der Waals surface area contributed by atoms with Crippen molar-refractivity contribution in [2.75, 3.05) is 31.1 Å². The third-order valence-corrected chi connectivity index (χ3v) is 6.95. The second-order valence-corrected chi connectivity index (χ2v) is 9.76. The van der Waals surface area contributed by atoms with Crippen LogP contribution in [0, 0.1) is 0 Å². The molecule has 2 fully saturated rings. The number of benzene rings is 2. The molecule has 0 aliphatic carbocycles. The molecule has 174 valence electrons. The molecule has 0 aromatic heterocycles. The summed E-state index contributed by atoms with van der Waals surface area (Å²) in [4.78, 5) is 13.0. The maximum absolute atomic E-state index is 10.1. The standard InChI is InChI=1S/C24H30Cl2N2O.CH2O2/c1-4-16-9-18(10-17(5-2)20(16)13-27-14-24(3,29)15-27)19-11-28(12-19)23-21(25)7-6-8-22(23)26;2-1-3/h6-10,19,29H,4-5,11-15H2,1-3H3;1H,(H,2,3). The van der Waals surface area contributed by atoms with E-state index in [9.17, 15) is 5.11 Å². The zero-order valence-electron chi connectivity index (χ0n) is 18.9. The van der Waals surface area contributed by atoms with Gasteiger partial charge in [-0.3, -0.25) is 9.69 Å². The van der Waals surface area contributed by atoms with Gasteiger partial charge in [0.1, 0.15) is 0 Å². The topological polar surface area (TPSA) is 64.0 Å². The van der Waals surface area contributed by atoms with Gasteiger partial charge in [0.05, 0.1) is 21.3 Å². The Kier molecular flexibility index (Phi) is 8.10. The summed E-state index contributed by atoms with van der Waals surface area (Å²) in [6, 6.07) is 10.5. The number of aliphatic hydroxyl groups is 1. The Hall–Kier alpha value is -1.79. The summed E-state index contributed by atoms with van der Waals surface area (Å²) in [7, 11) is 0. The molecule has 2 N–H and O–H groups in total. The minimum Gasteiger partial charge on any atom is -0.483 e. The largest absolute Gasteiger partial charge is 0.483 e. The molecule has 2 saturated heterocycles. The van der Waals surface area contributed by atoms with Gasteiger partial charge < -0.3 is 15.1 Å². The highest BCUT2D eigenvalue weighted by atomic mass is 35.5. The predicted octanol–water partition coefficient (Wildman–Crippen LogP) is 4.99. The zero-order chi connectivity index (χ0) is 23.5. The van der Waals surface area contributed by atoms with Crippen molar-refractivity contribution in [2.45, 2.75) is 51.7 Å². The van der Waals surface area contributed by atoms with Crippen LogP contribution < -0.4 is 4.90 Å². The number of rotatable bonds is 6. The normalized spacial score (nSPS) is 17.8. The molecule has 0 bridgehead atoms. The molecule has 4 rings (SSSR count). The van der Waals surface area contributed by atoms with Crippen LogP contribution >= 0.6 is 23.2 Å². The third-order valence-electron chi connectivity index (χ3n) is 6.34. The second kappa shape index (κ2) is 10.4. The molecule has 0 saturated carbocycles. The van der Waals surface area contributed by atoms with E-state index in [0.717, 1.165) is 61.3 Å². The first-order chi connectivity index (χ1) is 15.2. The summed E-state index contributed by atoms with van der Waals surface area (Å²) in [6.07, 6.45) is 2.07. The summed E-state index contributed by atoms with van der Waals surface area (Å²) in [5.74, 6) is 0.511. The number of aryl methyl sites for hydroxylation is 2. The van der Waals surface area contributed by atoms with Gasteiger partial charge in [0.15, 0.2) is 0 Å². The Labute approximate surface area is 200 Å². The van der Waals surface area contributed by atoms with E-state index < -0.39 is 5.60 Å². The lowest BCUT2D eigenvalue weighted by Gasteiger charge is -2.45. The molecular formula is C25H32Cl2N2O3. The van der Waals surface area contributed by atoms with Gasteiger partial charge in [-0.15, -0.1) is 0 Å². The molecule has 2 heterocycles. The zero-order valence-corrected chi connectivity index (χ0v) is 20.5. The summed E-state index contributed by atoms with van der Waals surface area (Å²) in [6.45, 7) is 10.5. The number of nitrogens with zero attached hydrogens (tertiary/aromatic N) is 2. The van der Waals surface area contributed by atoms with E-state index in [-0.39, 0.29) is 6.47 Å². The SMILES string of the molecule is CCc1cc(C2CN(c3c(Cl)cccc3Cl)C2)cc(CC)c1CN1CC(C)(O)C1.O=CO. The summed E-state index contributed by atoms with van der Waals surface area (Å²) in [5.41, 5.74) is 6.21. The molecule has 2 aromatic rings. The fraction of sp³-hybridized carbons (Fsp3) is 0.480. The summed E-state index contributed by atoms with van der Waals surface area (Å²) in [5, 5.41) is 18.4. The molecule has 32 heavy (non-hydrogen) atoms. The van der Waals surface area contributed by atoms with Gasteiger partial charge in [-0.2, -0.15) is 0 Å². The number of halogens is 2. The van der Waals surface area contributed by atoms with Crippen molar-refractivity contribution >= 4 is 35.4 Å². The van der Waals surface area contributed by atoms with Gasteiger partial charge >= 0.3 is 0 Å². The maximum Gasteiger partial charge on any atom is 0.290 e. The van der Waals surface area contributed by atoms with Crippen LogP contribution in [0.1, 0.15) is 48.9 Å². The van der Waals surface area contributed by atoms with E-state index in [1.807, 2.05) is 25.1 Å². The monoisotopic (exact) mass is 478 g/mol. The van der Waals surface area contributed by atoms with Crippen LogP contribution in [0.4, 0.5) is 5.69 Å². The van der Waals surface area contributed by atoms with Crippen LogP contribution in [0.2, 0.25) is 10.0 Å². The van der Waals surface area contributed by atoms with Gasteiger partial charge in [-0.05, 0) is 54.2 Å². The maximum atomic E-state index is 10.1. The van der Waals surface area contributed by atoms with Gasteiger partial charge in [-0.1, -0.05) is 55.2 Å². The number of carboxylic acid groups (broad SMARTS) is 1. The first-order valence-electron chi connectivity index (χ1n) is 11.1. The quantitative estimate of drug-likeness (QED) is 0.572. The number of carbonyl (C=O) groups is 1. The lowest BCUT2D eigenvalue weighted by atomic mass is 9.84. The Balaban J connectivity index is 0.000000913.